The molecule has 4 nitrogen and oxygen atoms in total. The maximum Gasteiger partial charge on any atom is 0.224 e. The van der Waals surface area contributed by atoms with Crippen LogP contribution in [0.25, 0.3) is 11.3 Å². The van der Waals surface area contributed by atoms with Crippen LogP contribution in [0, 0.1) is 5.92 Å². The maximum atomic E-state index is 11.4. The molecular weight excluding hydrogens is 306 g/mol. The summed E-state index contributed by atoms with van der Waals surface area (Å²) in [6.07, 6.45) is 3.06. The Morgan fingerprint density at radius 2 is 2.17 bits per heavy atom. The second-order valence-corrected chi connectivity index (χ2v) is 7.02. The second kappa shape index (κ2) is 7.13. The van der Waals surface area contributed by atoms with Crippen LogP contribution < -0.4 is 10.2 Å². The summed E-state index contributed by atoms with van der Waals surface area (Å²) in [7, 11) is 0. The molecule has 122 valence electrons. The van der Waals surface area contributed by atoms with Crippen LogP contribution in [0.1, 0.15) is 33.1 Å². The van der Waals surface area contributed by atoms with E-state index >= 15 is 0 Å². The van der Waals surface area contributed by atoms with Gasteiger partial charge in [0.05, 0.1) is 5.69 Å². The fourth-order valence-corrected chi connectivity index (χ4v) is 3.75. The van der Waals surface area contributed by atoms with E-state index in [4.69, 9.17) is 4.98 Å². The van der Waals surface area contributed by atoms with Gasteiger partial charge < -0.3 is 10.2 Å². The number of nitrogens with zero attached hydrogens (tertiary/aromatic N) is 2. The van der Waals surface area contributed by atoms with Crippen molar-refractivity contribution in [2.75, 3.05) is 23.3 Å². The Morgan fingerprint density at radius 1 is 1.39 bits per heavy atom. The van der Waals surface area contributed by atoms with E-state index in [9.17, 15) is 4.79 Å². The summed E-state index contributed by atoms with van der Waals surface area (Å²) in [5, 5.41) is 6.11. The first kappa shape index (κ1) is 16.0. The number of thiazole rings is 1. The molecule has 1 N–H and O–H groups in total. The molecule has 23 heavy (non-hydrogen) atoms. The monoisotopic (exact) mass is 329 g/mol. The largest absolute Gasteiger partial charge is 0.348 e. The van der Waals surface area contributed by atoms with E-state index in [0.29, 0.717) is 6.42 Å². The molecule has 1 unspecified atom stereocenters. The molecule has 0 aliphatic carbocycles. The van der Waals surface area contributed by atoms with Crippen LogP contribution in [0.5, 0.6) is 0 Å². The van der Waals surface area contributed by atoms with Crippen molar-refractivity contribution < 1.29 is 4.79 Å². The summed E-state index contributed by atoms with van der Waals surface area (Å²) in [4.78, 5) is 18.6. The third-order valence-corrected chi connectivity index (χ3v) is 5.11. The number of carbonyl (C=O) groups excluding carboxylic acids is 1. The lowest BCUT2D eigenvalue weighted by Gasteiger charge is -2.30. The van der Waals surface area contributed by atoms with E-state index < -0.39 is 0 Å². The number of benzene rings is 1. The zero-order chi connectivity index (χ0) is 16.2. The number of piperidine rings is 1. The highest BCUT2D eigenvalue weighted by Crippen LogP contribution is 2.30. The fraction of sp³-hybridized carbons (Fsp3) is 0.444. The molecule has 0 radical (unpaired) electrons. The minimum absolute atomic E-state index is 0.0351. The van der Waals surface area contributed by atoms with Gasteiger partial charge in [-0.2, -0.15) is 0 Å². The minimum atomic E-state index is 0.0351. The summed E-state index contributed by atoms with van der Waals surface area (Å²) in [5.41, 5.74) is 2.93. The van der Waals surface area contributed by atoms with Crippen LogP contribution in [0.3, 0.4) is 0 Å². The van der Waals surface area contributed by atoms with Gasteiger partial charge in [-0.1, -0.05) is 26.0 Å². The van der Waals surface area contributed by atoms with E-state index in [1.165, 1.54) is 12.8 Å². The van der Waals surface area contributed by atoms with E-state index in [1.807, 2.05) is 31.2 Å². The van der Waals surface area contributed by atoms with Crippen molar-refractivity contribution in [3.8, 4) is 11.3 Å². The molecule has 1 aromatic heterocycles. The molecule has 1 amide bonds. The molecule has 1 aromatic carbocycles. The van der Waals surface area contributed by atoms with Gasteiger partial charge in [0.1, 0.15) is 0 Å². The first-order valence-corrected chi connectivity index (χ1v) is 9.14. The van der Waals surface area contributed by atoms with Gasteiger partial charge in [-0.15, -0.1) is 11.3 Å². The van der Waals surface area contributed by atoms with E-state index in [-0.39, 0.29) is 5.91 Å². The number of rotatable bonds is 4. The molecule has 3 rings (SSSR count). The lowest BCUT2D eigenvalue weighted by molar-refractivity contribution is -0.115. The molecular formula is C18H23N3OS. The van der Waals surface area contributed by atoms with Gasteiger partial charge in [0.25, 0.3) is 0 Å². The number of hydrogen-bond acceptors (Lipinski definition) is 4. The highest BCUT2D eigenvalue weighted by atomic mass is 32.1. The Bertz CT molecular complexity index is 665. The Labute approximate surface area is 141 Å². The van der Waals surface area contributed by atoms with Crippen LogP contribution in [-0.2, 0) is 4.79 Å². The fourth-order valence-electron chi connectivity index (χ4n) is 2.88. The molecule has 2 heterocycles. The lowest BCUT2D eigenvalue weighted by Crippen LogP contribution is -2.34. The number of hydrogen-bond donors (Lipinski definition) is 1. The first-order valence-electron chi connectivity index (χ1n) is 8.26. The van der Waals surface area contributed by atoms with Gasteiger partial charge in [0, 0.05) is 36.1 Å². The van der Waals surface area contributed by atoms with E-state index in [2.05, 4.69) is 22.5 Å². The standard InChI is InChI=1S/C18H23N3OS/c1-3-17(22)19-15-8-6-14(7-9-15)16-12-23-18(20-16)21-10-4-5-13(2)11-21/h6-9,12-13H,3-5,10-11H2,1-2H3,(H,19,22). The van der Waals surface area contributed by atoms with Gasteiger partial charge in [0.2, 0.25) is 5.91 Å². The van der Waals surface area contributed by atoms with E-state index in [0.717, 1.165) is 41.1 Å². The highest BCUT2D eigenvalue weighted by molar-refractivity contribution is 7.14. The van der Waals surface area contributed by atoms with Crippen molar-refractivity contribution in [1.29, 1.82) is 0 Å². The van der Waals surface area contributed by atoms with Crippen LogP contribution in [0.2, 0.25) is 0 Å². The second-order valence-electron chi connectivity index (χ2n) is 6.19. The van der Waals surface area contributed by atoms with Crippen molar-refractivity contribution in [3.05, 3.63) is 29.6 Å². The number of aromatic nitrogens is 1. The van der Waals surface area contributed by atoms with Crippen molar-refractivity contribution in [3.63, 3.8) is 0 Å². The lowest BCUT2D eigenvalue weighted by atomic mass is 10.0. The average molecular weight is 329 g/mol. The molecule has 1 aliphatic rings. The molecule has 1 atom stereocenters. The van der Waals surface area contributed by atoms with Crippen LogP contribution >= 0.6 is 11.3 Å². The average Bonchev–Trinajstić information content (AvgIpc) is 3.05. The predicted molar refractivity (Wildman–Crippen MR) is 97.1 cm³/mol. The van der Waals surface area contributed by atoms with Gasteiger partial charge in [-0.25, -0.2) is 4.98 Å². The summed E-state index contributed by atoms with van der Waals surface area (Å²) in [6.45, 7) is 6.38. The number of nitrogens with one attached hydrogen (secondary N) is 1. The quantitative estimate of drug-likeness (QED) is 0.904. The third-order valence-electron chi connectivity index (χ3n) is 4.21. The minimum Gasteiger partial charge on any atom is -0.348 e. The molecule has 1 aliphatic heterocycles. The molecule has 2 aromatic rings. The predicted octanol–water partition coefficient (Wildman–Crippen LogP) is 4.39. The SMILES string of the molecule is CCC(=O)Nc1ccc(-c2csc(N3CCCC(C)C3)n2)cc1. The van der Waals surface area contributed by atoms with Crippen molar-refractivity contribution in [2.24, 2.45) is 5.92 Å². The summed E-state index contributed by atoms with van der Waals surface area (Å²) in [6, 6.07) is 7.90. The van der Waals surface area contributed by atoms with Crippen LogP contribution in [0.15, 0.2) is 29.6 Å². The van der Waals surface area contributed by atoms with Gasteiger partial charge in [-0.3, -0.25) is 4.79 Å². The summed E-state index contributed by atoms with van der Waals surface area (Å²) < 4.78 is 0. The van der Waals surface area contributed by atoms with Gasteiger partial charge >= 0.3 is 0 Å². The molecule has 0 bridgehead atoms. The zero-order valence-corrected chi connectivity index (χ0v) is 14.5. The molecule has 0 saturated carbocycles. The van der Waals surface area contributed by atoms with Gasteiger partial charge in [-0.05, 0) is 30.9 Å². The van der Waals surface area contributed by atoms with Gasteiger partial charge in [0.15, 0.2) is 5.13 Å². The van der Waals surface area contributed by atoms with Crippen molar-refractivity contribution in [1.82, 2.24) is 4.98 Å². The van der Waals surface area contributed by atoms with Crippen molar-refractivity contribution >= 4 is 28.1 Å². The van der Waals surface area contributed by atoms with E-state index in [1.54, 1.807) is 11.3 Å². The Balaban J connectivity index is 1.71. The number of carbonyl (C=O) groups is 1. The molecule has 0 spiro atoms. The van der Waals surface area contributed by atoms with Crippen LogP contribution in [-0.4, -0.2) is 24.0 Å². The van der Waals surface area contributed by atoms with Crippen LogP contribution in [0.4, 0.5) is 10.8 Å². The maximum absolute atomic E-state index is 11.4. The Hall–Kier alpha value is -1.88. The number of anilines is 2. The zero-order valence-electron chi connectivity index (χ0n) is 13.7. The summed E-state index contributed by atoms with van der Waals surface area (Å²) >= 11 is 1.72. The molecule has 1 fully saturated rings. The Morgan fingerprint density at radius 3 is 2.87 bits per heavy atom. The topological polar surface area (TPSA) is 45.2 Å². The van der Waals surface area contributed by atoms with Crippen molar-refractivity contribution in [2.45, 2.75) is 33.1 Å². The highest BCUT2D eigenvalue weighted by Gasteiger charge is 2.19. The summed E-state index contributed by atoms with van der Waals surface area (Å²) in [5.74, 6) is 0.783. The molecule has 1 saturated heterocycles. The number of amides is 1. The third kappa shape index (κ3) is 3.91. The normalized spacial score (nSPS) is 18.0. The smallest absolute Gasteiger partial charge is 0.224 e. The molecule has 5 heteroatoms. The Kier molecular flexibility index (Phi) is 4.96. The first-order chi connectivity index (χ1) is 11.2.